The number of nitrogens with zero attached hydrogens (tertiary/aromatic N) is 4. The van der Waals surface area contributed by atoms with E-state index in [0.29, 0.717) is 17.7 Å². The minimum absolute atomic E-state index is 0.105. The van der Waals surface area contributed by atoms with Crippen molar-refractivity contribution in [2.45, 2.75) is 89.6 Å². The smallest absolute Gasteiger partial charge is 0.407 e. The van der Waals surface area contributed by atoms with E-state index >= 15 is 0 Å². The summed E-state index contributed by atoms with van der Waals surface area (Å²) in [5.74, 6) is 8.19. The van der Waals surface area contributed by atoms with E-state index in [2.05, 4.69) is 32.4 Å². The summed E-state index contributed by atoms with van der Waals surface area (Å²) >= 11 is 0. The van der Waals surface area contributed by atoms with Gasteiger partial charge in [0.2, 0.25) is 11.8 Å². The number of nitrogens with one attached hydrogen (secondary N) is 4. The van der Waals surface area contributed by atoms with Gasteiger partial charge in [-0.25, -0.2) is 19.6 Å². The number of imidazole rings is 2. The normalized spacial score (nSPS) is 24.5. The second kappa shape index (κ2) is 14.1. The first-order chi connectivity index (χ1) is 26.4. The third-order valence-electron chi connectivity index (χ3n) is 11.6. The molecule has 0 bridgehead atoms. The van der Waals surface area contributed by atoms with E-state index in [1.165, 1.54) is 7.11 Å². The molecule has 286 valence electrons. The van der Waals surface area contributed by atoms with Crippen LogP contribution < -0.4 is 10.6 Å². The standard InChI is InChI=1S/C41H46N8O6/c1-20(2)34(46-40(52)53)38(50)49-31-16-26(31)18-33(49)37-43-27-13-10-23(14-28(27)44-37)7-6-22-8-11-24(12-9-22)29-19-42-36(45-29)32-17-25-15-30(25)48(32)39(51)35(21(3)4)47-41(54)55-5/h8-14,19-21,25-26,30-35,46H,15-18H2,1-5H3,(H,42,45)(H,43,44)(H,47,54)(H,52,53)/t25?,26?,30-,31-,32+,33+,34?,35?/m1/s1. The predicted molar refractivity (Wildman–Crippen MR) is 202 cm³/mol. The third kappa shape index (κ3) is 6.99. The van der Waals surface area contributed by atoms with Gasteiger partial charge in [-0.05, 0) is 85.3 Å². The first kappa shape index (κ1) is 36.2. The molecule has 4 heterocycles. The molecular weight excluding hydrogens is 701 g/mol. The first-order valence-corrected chi connectivity index (χ1v) is 19.1. The molecule has 14 nitrogen and oxygen atoms in total. The maximum atomic E-state index is 13.7. The van der Waals surface area contributed by atoms with Gasteiger partial charge in [0, 0.05) is 23.2 Å². The van der Waals surface area contributed by atoms with E-state index in [4.69, 9.17) is 14.7 Å². The molecule has 0 radical (unpaired) electrons. The largest absolute Gasteiger partial charge is 0.465 e. The Morgan fingerprint density at radius 3 is 1.98 bits per heavy atom. The summed E-state index contributed by atoms with van der Waals surface area (Å²) in [6, 6.07) is 12.1. The lowest BCUT2D eigenvalue weighted by Gasteiger charge is -2.31. The number of alkyl carbamates (subject to hydrolysis) is 1. The summed E-state index contributed by atoms with van der Waals surface area (Å²) in [5, 5.41) is 14.5. The predicted octanol–water partition coefficient (Wildman–Crippen LogP) is 5.35. The van der Waals surface area contributed by atoms with E-state index in [1.807, 2.05) is 80.0 Å². The van der Waals surface area contributed by atoms with Crippen LogP contribution in [-0.2, 0) is 14.3 Å². The average Bonchev–Trinajstić information content (AvgIpc) is 3.79. The minimum atomic E-state index is -1.21. The van der Waals surface area contributed by atoms with Gasteiger partial charge in [-0.3, -0.25) is 9.59 Å². The average molecular weight is 747 g/mol. The van der Waals surface area contributed by atoms with Crippen molar-refractivity contribution in [1.29, 1.82) is 0 Å². The number of piperidine rings is 2. The molecule has 8 rings (SSSR count). The van der Waals surface area contributed by atoms with Crippen molar-refractivity contribution in [3.63, 3.8) is 0 Å². The number of carbonyl (C=O) groups excluding carboxylic acids is 3. The number of likely N-dealkylation sites (tertiary alicyclic amines) is 2. The van der Waals surface area contributed by atoms with Crippen LogP contribution >= 0.6 is 0 Å². The highest BCUT2D eigenvalue weighted by molar-refractivity contribution is 5.88. The van der Waals surface area contributed by atoms with Crippen molar-refractivity contribution >= 4 is 35.0 Å². The van der Waals surface area contributed by atoms with E-state index in [-0.39, 0.29) is 47.8 Å². The van der Waals surface area contributed by atoms with Crippen molar-refractivity contribution < 1.29 is 29.0 Å². The molecule has 0 spiro atoms. The summed E-state index contributed by atoms with van der Waals surface area (Å²) in [6.07, 6.45) is 3.50. The van der Waals surface area contributed by atoms with Crippen LogP contribution in [0.1, 0.15) is 88.2 Å². The molecule has 55 heavy (non-hydrogen) atoms. The Morgan fingerprint density at radius 2 is 1.38 bits per heavy atom. The van der Waals surface area contributed by atoms with Gasteiger partial charge in [-0.1, -0.05) is 51.7 Å². The van der Waals surface area contributed by atoms with Crippen LogP contribution in [0.2, 0.25) is 0 Å². The fourth-order valence-electron chi connectivity index (χ4n) is 8.50. The lowest BCUT2D eigenvalue weighted by atomic mass is 10.0. The number of hydrogen-bond acceptors (Lipinski definition) is 7. The van der Waals surface area contributed by atoms with Gasteiger partial charge in [-0.2, -0.15) is 0 Å². The number of H-pyrrole nitrogens is 2. The Hall–Kier alpha value is -5.84. The van der Waals surface area contributed by atoms with Crippen molar-refractivity contribution in [2.75, 3.05) is 7.11 Å². The fourth-order valence-corrected chi connectivity index (χ4v) is 8.50. The quantitative estimate of drug-likeness (QED) is 0.142. The second-order valence-electron chi connectivity index (χ2n) is 16.0. The molecule has 4 aromatic rings. The zero-order chi connectivity index (χ0) is 38.7. The van der Waals surface area contributed by atoms with Crippen LogP contribution in [0.15, 0.2) is 48.7 Å². The summed E-state index contributed by atoms with van der Waals surface area (Å²) in [7, 11) is 1.29. The molecule has 2 saturated heterocycles. The van der Waals surface area contributed by atoms with Gasteiger partial charge in [0.15, 0.2) is 0 Å². The lowest BCUT2D eigenvalue weighted by Crippen LogP contribution is -2.52. The highest BCUT2D eigenvalue weighted by Gasteiger charge is 2.57. The number of fused-ring (bicyclic) bond motifs is 3. The Balaban J connectivity index is 0.946. The van der Waals surface area contributed by atoms with Crippen LogP contribution in [0.25, 0.3) is 22.3 Å². The van der Waals surface area contributed by atoms with Crippen LogP contribution in [-0.4, -0.2) is 90.1 Å². The Labute approximate surface area is 318 Å². The van der Waals surface area contributed by atoms with Crippen LogP contribution in [0.5, 0.6) is 0 Å². The molecule has 2 aromatic carbocycles. The fraction of sp³-hybridized carbons (Fsp3) is 0.463. The van der Waals surface area contributed by atoms with Gasteiger partial charge >= 0.3 is 12.2 Å². The summed E-state index contributed by atoms with van der Waals surface area (Å²) in [4.78, 5) is 71.0. The number of ether oxygens (including phenoxy) is 1. The van der Waals surface area contributed by atoms with Crippen LogP contribution in [0, 0.1) is 35.5 Å². The Kier molecular flexibility index (Phi) is 9.27. The highest BCUT2D eigenvalue weighted by atomic mass is 16.5. The molecule has 2 aliphatic heterocycles. The number of benzene rings is 2. The zero-order valence-electron chi connectivity index (χ0n) is 31.5. The molecule has 4 unspecified atom stereocenters. The Morgan fingerprint density at radius 1 is 0.800 bits per heavy atom. The van der Waals surface area contributed by atoms with E-state index in [0.717, 1.165) is 64.9 Å². The van der Waals surface area contributed by atoms with E-state index in [1.54, 1.807) is 6.20 Å². The monoisotopic (exact) mass is 746 g/mol. The summed E-state index contributed by atoms with van der Waals surface area (Å²) in [5.41, 5.74) is 5.04. The van der Waals surface area contributed by atoms with Crippen molar-refractivity contribution in [2.24, 2.45) is 23.7 Å². The van der Waals surface area contributed by atoms with Crippen LogP contribution in [0.3, 0.4) is 0 Å². The SMILES string of the molecule is COC(=O)NC(C(=O)N1[C@@H]2CC2C[C@H]1c1ncc(-c2ccc(C#Cc3ccc4nc([C@@H]5CC6C[C@H]6N5C(=O)C(NC(=O)O)C(C)C)[nH]c4c3)cc2)[nH]1)C(C)C. The zero-order valence-corrected chi connectivity index (χ0v) is 31.5. The molecule has 4 aliphatic rings. The second-order valence-corrected chi connectivity index (χ2v) is 16.0. The van der Waals surface area contributed by atoms with Gasteiger partial charge in [0.25, 0.3) is 0 Å². The molecule has 8 atom stereocenters. The minimum Gasteiger partial charge on any atom is -0.465 e. The molecule has 4 fully saturated rings. The number of hydrogen-bond donors (Lipinski definition) is 5. The number of methoxy groups -OCH3 is 1. The molecule has 14 heteroatoms. The van der Waals surface area contributed by atoms with Crippen molar-refractivity contribution in [3.05, 3.63) is 71.4 Å². The number of carbonyl (C=O) groups is 4. The number of amides is 4. The van der Waals surface area contributed by atoms with Crippen molar-refractivity contribution in [3.8, 4) is 23.1 Å². The highest BCUT2D eigenvalue weighted by Crippen LogP contribution is 2.54. The third-order valence-corrected chi connectivity index (χ3v) is 11.6. The summed E-state index contributed by atoms with van der Waals surface area (Å²) in [6.45, 7) is 7.51. The van der Waals surface area contributed by atoms with Crippen molar-refractivity contribution in [1.82, 2.24) is 40.4 Å². The molecule has 2 aliphatic carbocycles. The lowest BCUT2D eigenvalue weighted by molar-refractivity contribution is -0.137. The number of aromatic nitrogens is 4. The number of aromatic amines is 2. The Bertz CT molecular complexity index is 2220. The molecule has 5 N–H and O–H groups in total. The summed E-state index contributed by atoms with van der Waals surface area (Å²) < 4.78 is 4.78. The molecule has 2 aromatic heterocycles. The first-order valence-electron chi connectivity index (χ1n) is 19.1. The number of rotatable bonds is 9. The molecule has 2 saturated carbocycles. The van der Waals surface area contributed by atoms with Gasteiger partial charge in [0.05, 0.1) is 42.1 Å². The van der Waals surface area contributed by atoms with Gasteiger partial charge in [-0.15, -0.1) is 0 Å². The van der Waals surface area contributed by atoms with E-state index in [9.17, 15) is 24.3 Å². The molecule has 4 amide bonds. The topological polar surface area (TPSA) is 186 Å². The maximum absolute atomic E-state index is 13.7. The van der Waals surface area contributed by atoms with Gasteiger partial charge in [0.1, 0.15) is 23.7 Å². The van der Waals surface area contributed by atoms with E-state index < -0.39 is 24.3 Å². The number of carboxylic acid groups (broad SMARTS) is 1. The van der Waals surface area contributed by atoms with Gasteiger partial charge < -0.3 is 40.2 Å². The maximum Gasteiger partial charge on any atom is 0.407 e. The van der Waals surface area contributed by atoms with Crippen LogP contribution in [0.4, 0.5) is 9.59 Å². The molecular formula is C41H46N8O6.